The molecule has 1 unspecified atom stereocenters. The van der Waals surface area contributed by atoms with Crippen molar-refractivity contribution in [2.24, 2.45) is 11.7 Å². The summed E-state index contributed by atoms with van der Waals surface area (Å²) in [5.41, 5.74) is 6.01. The van der Waals surface area contributed by atoms with Crippen molar-refractivity contribution in [2.75, 3.05) is 0 Å². The lowest BCUT2D eigenvalue weighted by Crippen LogP contribution is -2.16. The van der Waals surface area contributed by atoms with Crippen LogP contribution >= 0.6 is 11.6 Å². The summed E-state index contributed by atoms with van der Waals surface area (Å²) in [4.78, 5) is 10.7. The van der Waals surface area contributed by atoms with Crippen LogP contribution in [0.1, 0.15) is 12.0 Å². The van der Waals surface area contributed by atoms with E-state index in [9.17, 15) is 4.79 Å². The Kier molecular flexibility index (Phi) is 4.14. The third kappa shape index (κ3) is 4.01. The van der Waals surface area contributed by atoms with Gasteiger partial charge in [0.15, 0.2) is 0 Å². The minimum Gasteiger partial charge on any atom is -0.370 e. The second-order valence-electron chi connectivity index (χ2n) is 3.33. The van der Waals surface area contributed by atoms with E-state index >= 15 is 0 Å². The molecule has 0 aliphatic rings. The summed E-state index contributed by atoms with van der Waals surface area (Å²) in [6, 6.07) is 9.26. The number of hydrogen-bond donors (Lipinski definition) is 1. The molecule has 0 spiro atoms. The van der Waals surface area contributed by atoms with E-state index in [1.165, 1.54) is 0 Å². The van der Waals surface area contributed by atoms with E-state index in [-0.39, 0.29) is 12.3 Å². The normalized spacial score (nSPS) is 11.7. The third-order valence-electron chi connectivity index (χ3n) is 2.03. The zero-order chi connectivity index (χ0) is 11.3. The van der Waals surface area contributed by atoms with E-state index in [0.717, 1.165) is 5.56 Å². The van der Waals surface area contributed by atoms with Gasteiger partial charge in [0.2, 0.25) is 5.91 Å². The number of nitrogens with zero attached hydrogens (tertiary/aromatic N) is 1. The first kappa shape index (κ1) is 11.5. The van der Waals surface area contributed by atoms with Crippen LogP contribution < -0.4 is 5.73 Å². The molecule has 0 saturated heterocycles. The van der Waals surface area contributed by atoms with Crippen molar-refractivity contribution in [2.45, 2.75) is 12.8 Å². The highest BCUT2D eigenvalue weighted by Crippen LogP contribution is 2.14. The maximum Gasteiger partial charge on any atom is 0.218 e. The number of benzene rings is 1. The van der Waals surface area contributed by atoms with E-state index in [0.29, 0.717) is 11.4 Å². The van der Waals surface area contributed by atoms with Gasteiger partial charge in [0.25, 0.3) is 0 Å². The van der Waals surface area contributed by atoms with E-state index in [1.807, 2.05) is 12.1 Å². The van der Waals surface area contributed by atoms with E-state index in [1.54, 1.807) is 12.1 Å². The quantitative estimate of drug-likeness (QED) is 0.846. The van der Waals surface area contributed by atoms with Crippen molar-refractivity contribution in [1.29, 1.82) is 5.26 Å². The fourth-order valence-electron chi connectivity index (χ4n) is 1.31. The molecule has 0 aliphatic heterocycles. The van der Waals surface area contributed by atoms with Gasteiger partial charge in [-0.1, -0.05) is 23.7 Å². The highest BCUT2D eigenvalue weighted by molar-refractivity contribution is 6.30. The van der Waals surface area contributed by atoms with Gasteiger partial charge >= 0.3 is 0 Å². The molecule has 0 saturated carbocycles. The Hall–Kier alpha value is -1.53. The highest BCUT2D eigenvalue weighted by Gasteiger charge is 2.11. The van der Waals surface area contributed by atoms with Crippen LogP contribution in [0.5, 0.6) is 0 Å². The molecule has 4 heteroatoms. The molecule has 1 aromatic rings. The smallest absolute Gasteiger partial charge is 0.218 e. The molecular weight excluding hydrogens is 212 g/mol. The molecule has 1 aromatic carbocycles. The fraction of sp³-hybridized carbons (Fsp3) is 0.273. The summed E-state index contributed by atoms with van der Waals surface area (Å²) >= 11 is 5.73. The summed E-state index contributed by atoms with van der Waals surface area (Å²) in [6.07, 6.45) is 0.621. The molecule has 1 atom stereocenters. The zero-order valence-electron chi connectivity index (χ0n) is 8.11. The Labute approximate surface area is 93.5 Å². The number of rotatable bonds is 4. The number of nitriles is 1. The van der Waals surface area contributed by atoms with Crippen LogP contribution in [0, 0.1) is 17.2 Å². The Balaban J connectivity index is 2.63. The summed E-state index contributed by atoms with van der Waals surface area (Å²) in [5.74, 6) is -0.806. The second-order valence-corrected chi connectivity index (χ2v) is 3.76. The molecule has 0 heterocycles. The number of halogens is 1. The lowest BCUT2D eigenvalue weighted by molar-refractivity contribution is -0.118. The number of carbonyl (C=O) groups excluding carboxylic acids is 1. The molecule has 78 valence electrons. The van der Waals surface area contributed by atoms with Crippen molar-refractivity contribution in [3.05, 3.63) is 34.9 Å². The zero-order valence-corrected chi connectivity index (χ0v) is 8.87. The van der Waals surface area contributed by atoms with Gasteiger partial charge in [0, 0.05) is 11.4 Å². The first-order valence-electron chi connectivity index (χ1n) is 4.54. The number of primary amides is 1. The highest BCUT2D eigenvalue weighted by atomic mass is 35.5. The van der Waals surface area contributed by atoms with E-state index in [4.69, 9.17) is 22.6 Å². The minimum absolute atomic E-state index is 0.0964. The average Bonchev–Trinajstić information content (AvgIpc) is 2.19. The van der Waals surface area contributed by atoms with Crippen LogP contribution in [0.4, 0.5) is 0 Å². The standard InChI is InChI=1S/C11H11ClN2O/c12-10-3-1-8(2-4-10)5-9(7-13)6-11(14)15/h1-4,9H,5-6H2,(H2,14,15). The van der Waals surface area contributed by atoms with Crippen LogP contribution in [0.25, 0.3) is 0 Å². The largest absolute Gasteiger partial charge is 0.370 e. The van der Waals surface area contributed by atoms with Gasteiger partial charge in [-0.3, -0.25) is 4.79 Å². The molecule has 1 rings (SSSR count). The van der Waals surface area contributed by atoms with Crippen LogP contribution in [0.2, 0.25) is 5.02 Å². The Morgan fingerprint density at radius 2 is 2.07 bits per heavy atom. The average molecular weight is 223 g/mol. The number of nitrogens with two attached hydrogens (primary N) is 1. The third-order valence-corrected chi connectivity index (χ3v) is 2.28. The molecule has 2 N–H and O–H groups in total. The second kappa shape index (κ2) is 5.38. The van der Waals surface area contributed by atoms with Crippen molar-refractivity contribution in [3.63, 3.8) is 0 Å². The maximum atomic E-state index is 10.7. The predicted octanol–water partition coefficient (Wildman–Crippen LogP) is 1.90. The van der Waals surface area contributed by atoms with Gasteiger partial charge in [-0.15, -0.1) is 0 Å². The monoisotopic (exact) mass is 222 g/mol. The molecule has 0 fully saturated rings. The van der Waals surface area contributed by atoms with Crippen LogP contribution in [0.15, 0.2) is 24.3 Å². The summed E-state index contributed by atoms with van der Waals surface area (Å²) < 4.78 is 0. The topological polar surface area (TPSA) is 66.9 Å². The Morgan fingerprint density at radius 1 is 1.47 bits per heavy atom. The minimum atomic E-state index is -0.449. The van der Waals surface area contributed by atoms with Crippen molar-refractivity contribution in [3.8, 4) is 6.07 Å². The van der Waals surface area contributed by atoms with Gasteiger partial charge in [-0.2, -0.15) is 5.26 Å². The molecule has 0 aromatic heterocycles. The summed E-state index contributed by atoms with van der Waals surface area (Å²) in [6.45, 7) is 0. The van der Waals surface area contributed by atoms with Crippen LogP contribution in [-0.2, 0) is 11.2 Å². The van der Waals surface area contributed by atoms with Gasteiger partial charge in [0.1, 0.15) is 0 Å². The van der Waals surface area contributed by atoms with Gasteiger partial charge in [-0.05, 0) is 24.1 Å². The molecule has 3 nitrogen and oxygen atoms in total. The van der Waals surface area contributed by atoms with Crippen LogP contribution in [0.3, 0.4) is 0 Å². The van der Waals surface area contributed by atoms with Gasteiger partial charge in [0.05, 0.1) is 12.0 Å². The van der Waals surface area contributed by atoms with Crippen molar-refractivity contribution >= 4 is 17.5 Å². The predicted molar refractivity (Wildman–Crippen MR) is 58.1 cm³/mol. The van der Waals surface area contributed by atoms with Gasteiger partial charge in [-0.25, -0.2) is 0 Å². The number of carbonyl (C=O) groups is 1. The van der Waals surface area contributed by atoms with Crippen molar-refractivity contribution < 1.29 is 4.79 Å². The lowest BCUT2D eigenvalue weighted by Gasteiger charge is -2.06. The molecule has 0 aliphatic carbocycles. The molecule has 0 radical (unpaired) electrons. The Morgan fingerprint density at radius 3 is 2.53 bits per heavy atom. The first-order valence-corrected chi connectivity index (χ1v) is 4.92. The first-order chi connectivity index (χ1) is 7.11. The Bertz CT molecular complexity index is 381. The van der Waals surface area contributed by atoms with Gasteiger partial charge < -0.3 is 5.73 Å². The molecule has 15 heavy (non-hydrogen) atoms. The number of amides is 1. The summed E-state index contributed by atoms with van der Waals surface area (Å²) in [5, 5.41) is 9.46. The van der Waals surface area contributed by atoms with E-state index in [2.05, 4.69) is 6.07 Å². The number of hydrogen-bond acceptors (Lipinski definition) is 2. The SMILES string of the molecule is N#CC(CC(N)=O)Cc1ccc(Cl)cc1. The maximum absolute atomic E-state index is 10.7. The molecule has 0 bridgehead atoms. The van der Waals surface area contributed by atoms with Crippen LogP contribution in [-0.4, -0.2) is 5.91 Å². The fourth-order valence-corrected chi connectivity index (χ4v) is 1.44. The molecule has 1 amide bonds. The summed E-state index contributed by atoms with van der Waals surface area (Å²) in [7, 11) is 0. The lowest BCUT2D eigenvalue weighted by atomic mass is 9.97. The van der Waals surface area contributed by atoms with E-state index < -0.39 is 5.91 Å². The van der Waals surface area contributed by atoms with Crippen molar-refractivity contribution in [1.82, 2.24) is 0 Å². The molecular formula is C11H11ClN2O.